The molecule has 162 valence electrons. The van der Waals surface area contributed by atoms with Gasteiger partial charge in [-0.3, -0.25) is 4.79 Å². The van der Waals surface area contributed by atoms with E-state index in [2.05, 4.69) is 30.2 Å². The van der Waals surface area contributed by atoms with Gasteiger partial charge in [0.2, 0.25) is 11.9 Å². The van der Waals surface area contributed by atoms with Gasteiger partial charge in [0.25, 0.3) is 5.91 Å². The Labute approximate surface area is 183 Å². The molecule has 2 aliphatic rings. The molecule has 0 aliphatic carbocycles. The topological polar surface area (TPSA) is 110 Å². The molecule has 0 aromatic carbocycles. The van der Waals surface area contributed by atoms with Crippen LogP contribution in [0.25, 0.3) is 10.6 Å². The molecular formula is C20H23N7O3S. The Balaban J connectivity index is 1.31. The molecule has 0 radical (unpaired) electrons. The molecule has 0 saturated carbocycles. The van der Waals surface area contributed by atoms with Gasteiger partial charge < -0.3 is 24.4 Å². The summed E-state index contributed by atoms with van der Waals surface area (Å²) < 4.78 is 10.7. The second-order valence-corrected chi connectivity index (χ2v) is 8.33. The number of amides is 1. The van der Waals surface area contributed by atoms with Crippen LogP contribution in [-0.4, -0.2) is 65.4 Å². The van der Waals surface area contributed by atoms with Gasteiger partial charge in [-0.25, -0.2) is 0 Å². The Hall–Kier alpha value is -3.05. The van der Waals surface area contributed by atoms with Gasteiger partial charge in [0.05, 0.1) is 24.6 Å². The van der Waals surface area contributed by atoms with E-state index in [0.29, 0.717) is 36.7 Å². The van der Waals surface area contributed by atoms with E-state index in [1.165, 1.54) is 11.3 Å². The van der Waals surface area contributed by atoms with Crippen LogP contribution < -0.4 is 15.1 Å². The Morgan fingerprint density at radius 3 is 2.52 bits per heavy atom. The van der Waals surface area contributed by atoms with Gasteiger partial charge in [0.1, 0.15) is 0 Å². The minimum atomic E-state index is -0.331. The molecule has 2 fully saturated rings. The fraction of sp³-hybridized carbons (Fsp3) is 0.450. The third-order valence-electron chi connectivity index (χ3n) is 5.25. The number of hydrogen-bond acceptors (Lipinski definition) is 10. The van der Waals surface area contributed by atoms with Crippen LogP contribution in [0.15, 0.2) is 28.1 Å². The van der Waals surface area contributed by atoms with E-state index in [1.807, 2.05) is 17.5 Å². The molecule has 5 rings (SSSR count). The summed E-state index contributed by atoms with van der Waals surface area (Å²) in [5.74, 6) is 2.06. The standard InChI is InChI=1S/C20H23N7O3S/c28-18(14-12-15(30-25-14)16-4-3-11-31-16)21-13-17-22-19(26-5-1-2-6-26)24-20(23-17)27-7-9-29-10-8-27/h3-4,11-12H,1-2,5-10,13H2,(H,21,28). The number of rotatable bonds is 6. The van der Waals surface area contributed by atoms with Gasteiger partial charge in [-0.15, -0.1) is 11.3 Å². The second kappa shape index (κ2) is 8.98. The molecule has 0 atom stereocenters. The molecule has 11 heteroatoms. The molecule has 3 aromatic rings. The molecular weight excluding hydrogens is 418 g/mol. The summed E-state index contributed by atoms with van der Waals surface area (Å²) in [7, 11) is 0. The van der Waals surface area contributed by atoms with Gasteiger partial charge in [-0.1, -0.05) is 11.2 Å². The van der Waals surface area contributed by atoms with Gasteiger partial charge in [-0.2, -0.15) is 15.0 Å². The van der Waals surface area contributed by atoms with Crippen LogP contribution in [0.5, 0.6) is 0 Å². The summed E-state index contributed by atoms with van der Waals surface area (Å²) >= 11 is 1.53. The molecule has 1 amide bonds. The van der Waals surface area contributed by atoms with Crippen LogP contribution in [0.1, 0.15) is 29.2 Å². The minimum absolute atomic E-state index is 0.181. The lowest BCUT2D eigenvalue weighted by Crippen LogP contribution is -2.38. The van der Waals surface area contributed by atoms with Crippen LogP contribution in [0.2, 0.25) is 0 Å². The minimum Gasteiger partial charge on any atom is -0.378 e. The summed E-state index contributed by atoms with van der Waals surface area (Å²) in [5.41, 5.74) is 0.227. The van der Waals surface area contributed by atoms with Crippen LogP contribution >= 0.6 is 11.3 Å². The van der Waals surface area contributed by atoms with E-state index in [-0.39, 0.29) is 18.1 Å². The Kier molecular flexibility index (Phi) is 5.76. The molecule has 2 aliphatic heterocycles. The Bertz CT molecular complexity index is 1030. The Morgan fingerprint density at radius 1 is 1.06 bits per heavy atom. The van der Waals surface area contributed by atoms with Crippen LogP contribution in [0, 0.1) is 0 Å². The van der Waals surface area contributed by atoms with Crippen molar-refractivity contribution in [1.82, 2.24) is 25.4 Å². The highest BCUT2D eigenvalue weighted by atomic mass is 32.1. The summed E-state index contributed by atoms with van der Waals surface area (Å²) in [5, 5.41) is 8.69. The van der Waals surface area contributed by atoms with Crippen molar-refractivity contribution in [3.05, 3.63) is 35.1 Å². The highest BCUT2D eigenvalue weighted by molar-refractivity contribution is 7.13. The largest absolute Gasteiger partial charge is 0.378 e. The van der Waals surface area contributed by atoms with E-state index < -0.39 is 0 Å². The molecule has 5 heterocycles. The molecule has 31 heavy (non-hydrogen) atoms. The predicted molar refractivity (Wildman–Crippen MR) is 115 cm³/mol. The number of anilines is 2. The molecule has 1 N–H and O–H groups in total. The van der Waals surface area contributed by atoms with Crippen molar-refractivity contribution >= 4 is 29.1 Å². The van der Waals surface area contributed by atoms with Crippen LogP contribution in [0.3, 0.4) is 0 Å². The van der Waals surface area contributed by atoms with E-state index in [9.17, 15) is 4.79 Å². The van der Waals surface area contributed by atoms with E-state index in [0.717, 1.165) is 43.9 Å². The molecule has 2 saturated heterocycles. The second-order valence-electron chi connectivity index (χ2n) is 7.38. The summed E-state index contributed by atoms with van der Waals surface area (Å²) in [6, 6.07) is 5.49. The first-order valence-electron chi connectivity index (χ1n) is 10.4. The zero-order chi connectivity index (χ0) is 21.0. The average molecular weight is 442 g/mol. The van der Waals surface area contributed by atoms with Crippen molar-refractivity contribution in [2.24, 2.45) is 0 Å². The van der Waals surface area contributed by atoms with Crippen molar-refractivity contribution in [2.45, 2.75) is 19.4 Å². The number of nitrogens with one attached hydrogen (secondary N) is 1. The first-order valence-corrected chi connectivity index (χ1v) is 11.3. The molecule has 0 bridgehead atoms. The smallest absolute Gasteiger partial charge is 0.273 e. The number of carbonyl (C=O) groups is 1. The van der Waals surface area contributed by atoms with Gasteiger partial charge >= 0.3 is 0 Å². The van der Waals surface area contributed by atoms with E-state index >= 15 is 0 Å². The summed E-state index contributed by atoms with van der Waals surface area (Å²) in [6.07, 6.45) is 2.26. The predicted octanol–water partition coefficient (Wildman–Crippen LogP) is 1.95. The lowest BCUT2D eigenvalue weighted by molar-refractivity contribution is 0.0941. The monoisotopic (exact) mass is 441 g/mol. The van der Waals surface area contributed by atoms with Crippen molar-refractivity contribution in [3.8, 4) is 10.6 Å². The SMILES string of the molecule is O=C(NCc1nc(N2CCCC2)nc(N2CCOCC2)n1)c1cc(-c2cccs2)on1. The first kappa shape index (κ1) is 19.9. The number of nitrogens with zero attached hydrogens (tertiary/aromatic N) is 6. The number of aromatic nitrogens is 4. The number of thiophene rings is 1. The number of morpholine rings is 1. The fourth-order valence-electron chi connectivity index (χ4n) is 3.60. The molecule has 10 nitrogen and oxygen atoms in total. The van der Waals surface area contributed by atoms with Gasteiger partial charge in [0.15, 0.2) is 17.3 Å². The van der Waals surface area contributed by atoms with Crippen molar-refractivity contribution < 1.29 is 14.1 Å². The normalized spacial score (nSPS) is 16.6. The van der Waals surface area contributed by atoms with Crippen LogP contribution in [-0.2, 0) is 11.3 Å². The molecule has 0 spiro atoms. The summed E-state index contributed by atoms with van der Waals surface area (Å²) in [4.78, 5) is 31.7. The maximum Gasteiger partial charge on any atom is 0.273 e. The first-order chi connectivity index (χ1) is 15.3. The van der Waals surface area contributed by atoms with Gasteiger partial charge in [-0.05, 0) is 24.3 Å². The van der Waals surface area contributed by atoms with Crippen molar-refractivity contribution in [3.63, 3.8) is 0 Å². The average Bonchev–Trinajstić information content (AvgIpc) is 3.59. The van der Waals surface area contributed by atoms with Crippen molar-refractivity contribution in [1.29, 1.82) is 0 Å². The lowest BCUT2D eigenvalue weighted by atomic mass is 10.3. The number of carbonyl (C=O) groups excluding carboxylic acids is 1. The number of ether oxygens (including phenoxy) is 1. The quantitative estimate of drug-likeness (QED) is 0.614. The van der Waals surface area contributed by atoms with Gasteiger partial charge in [0, 0.05) is 32.2 Å². The lowest BCUT2D eigenvalue weighted by Gasteiger charge is -2.28. The Morgan fingerprint density at radius 2 is 1.81 bits per heavy atom. The summed E-state index contributed by atoms with van der Waals surface area (Å²) in [6.45, 7) is 4.82. The third-order valence-corrected chi connectivity index (χ3v) is 6.14. The number of hydrogen-bond donors (Lipinski definition) is 1. The zero-order valence-electron chi connectivity index (χ0n) is 17.0. The fourth-order valence-corrected chi connectivity index (χ4v) is 4.28. The van der Waals surface area contributed by atoms with Crippen molar-refractivity contribution in [2.75, 3.05) is 49.2 Å². The maximum absolute atomic E-state index is 12.6. The maximum atomic E-state index is 12.6. The van der Waals surface area contributed by atoms with E-state index in [4.69, 9.17) is 14.2 Å². The molecule has 3 aromatic heterocycles. The van der Waals surface area contributed by atoms with Crippen LogP contribution in [0.4, 0.5) is 11.9 Å². The third kappa shape index (κ3) is 4.52. The highest BCUT2D eigenvalue weighted by Gasteiger charge is 2.22. The molecule has 0 unspecified atom stereocenters. The highest BCUT2D eigenvalue weighted by Crippen LogP contribution is 2.25. The van der Waals surface area contributed by atoms with E-state index in [1.54, 1.807) is 6.07 Å². The zero-order valence-corrected chi connectivity index (χ0v) is 17.8.